The first kappa shape index (κ1) is 26.4. The molecule has 9 nitrogen and oxygen atoms in total. The second-order valence-electron chi connectivity index (χ2n) is 8.46. The SMILES string of the molecule is O=C(/C=C/c1ccc([N+](=O)[O-])cc1)Oc1ccccc1C=Nn1c(-c2ccc(Br)cc2)nc2ccccc2c1=O. The standard InChI is InChI=1S/C30H19BrN4O5/c31-23-14-12-21(13-15-23)29-33-26-7-3-2-6-25(26)30(37)34(29)32-19-22-5-1-4-8-27(22)40-28(36)18-11-20-9-16-24(17-10-20)35(38)39/h1-19H/b18-11+,32-19?. The number of fused-ring (bicyclic) bond motifs is 1. The molecule has 0 fully saturated rings. The van der Waals surface area contributed by atoms with E-state index in [-0.39, 0.29) is 17.0 Å². The Morgan fingerprint density at radius 1 is 0.950 bits per heavy atom. The number of carbonyl (C=O) groups is 1. The summed E-state index contributed by atoms with van der Waals surface area (Å²) in [6.07, 6.45) is 4.15. The van der Waals surface area contributed by atoms with Crippen molar-refractivity contribution in [3.63, 3.8) is 0 Å². The molecule has 0 aliphatic heterocycles. The Kier molecular flexibility index (Phi) is 7.70. The van der Waals surface area contributed by atoms with E-state index in [1.165, 1.54) is 47.3 Å². The fraction of sp³-hybridized carbons (Fsp3) is 0. The molecule has 0 aliphatic rings. The number of ether oxygens (including phenoxy) is 1. The van der Waals surface area contributed by atoms with Crippen molar-refractivity contribution in [1.29, 1.82) is 0 Å². The largest absolute Gasteiger partial charge is 0.423 e. The maximum atomic E-state index is 13.4. The number of hydrogen-bond donors (Lipinski definition) is 0. The zero-order chi connectivity index (χ0) is 28.1. The van der Waals surface area contributed by atoms with Crippen molar-refractivity contribution in [2.75, 3.05) is 0 Å². The van der Waals surface area contributed by atoms with Crippen LogP contribution in [0.1, 0.15) is 11.1 Å². The van der Waals surface area contributed by atoms with Crippen LogP contribution in [0.5, 0.6) is 5.75 Å². The van der Waals surface area contributed by atoms with Gasteiger partial charge in [-0.1, -0.05) is 52.3 Å². The summed E-state index contributed by atoms with van der Waals surface area (Å²) in [6.45, 7) is 0. The number of esters is 1. The number of non-ortho nitro benzene ring substituents is 1. The summed E-state index contributed by atoms with van der Waals surface area (Å²) in [5.74, 6) is -0.0659. The van der Waals surface area contributed by atoms with Gasteiger partial charge in [0, 0.05) is 33.8 Å². The summed E-state index contributed by atoms with van der Waals surface area (Å²) in [5, 5.41) is 15.7. The van der Waals surface area contributed by atoms with Crippen LogP contribution in [-0.4, -0.2) is 26.8 Å². The van der Waals surface area contributed by atoms with Gasteiger partial charge < -0.3 is 4.74 Å². The highest BCUT2D eigenvalue weighted by atomic mass is 79.9. The first-order valence-corrected chi connectivity index (χ1v) is 12.7. The number of aromatic nitrogens is 2. The molecule has 4 aromatic carbocycles. The highest BCUT2D eigenvalue weighted by molar-refractivity contribution is 9.10. The van der Waals surface area contributed by atoms with E-state index in [9.17, 15) is 19.7 Å². The van der Waals surface area contributed by atoms with Crippen molar-refractivity contribution in [1.82, 2.24) is 9.66 Å². The molecule has 0 aliphatic carbocycles. The Hall–Kier alpha value is -5.22. The first-order chi connectivity index (χ1) is 19.4. The van der Waals surface area contributed by atoms with Crippen LogP contribution in [0.25, 0.3) is 28.4 Å². The Balaban J connectivity index is 1.45. The predicted molar refractivity (Wildman–Crippen MR) is 156 cm³/mol. The Morgan fingerprint density at radius 2 is 1.65 bits per heavy atom. The molecule has 0 saturated carbocycles. The van der Waals surface area contributed by atoms with E-state index in [1.807, 2.05) is 30.3 Å². The number of rotatable bonds is 7. The molecule has 5 aromatic rings. The molecule has 0 atom stereocenters. The molecule has 10 heteroatoms. The number of para-hydroxylation sites is 2. The molecule has 1 aromatic heterocycles. The van der Waals surface area contributed by atoms with Crippen molar-refractivity contribution >= 4 is 50.8 Å². The van der Waals surface area contributed by atoms with Crippen molar-refractivity contribution in [3.05, 3.63) is 139 Å². The van der Waals surface area contributed by atoms with Gasteiger partial charge in [-0.2, -0.15) is 9.78 Å². The van der Waals surface area contributed by atoms with Crippen LogP contribution >= 0.6 is 15.9 Å². The van der Waals surface area contributed by atoms with Crippen LogP contribution in [-0.2, 0) is 4.79 Å². The van der Waals surface area contributed by atoms with E-state index >= 15 is 0 Å². The summed E-state index contributed by atoms with van der Waals surface area (Å²) in [6, 6.07) is 26.9. The molecule has 40 heavy (non-hydrogen) atoms. The maximum absolute atomic E-state index is 13.4. The van der Waals surface area contributed by atoms with Crippen LogP contribution in [0.2, 0.25) is 0 Å². The number of benzene rings is 4. The van der Waals surface area contributed by atoms with Crippen LogP contribution < -0.4 is 10.3 Å². The molecule has 0 unspecified atom stereocenters. The van der Waals surface area contributed by atoms with Gasteiger partial charge >= 0.3 is 5.97 Å². The Bertz CT molecular complexity index is 1850. The lowest BCUT2D eigenvalue weighted by Gasteiger charge is -2.10. The quantitative estimate of drug-likeness (QED) is 0.0550. The normalized spacial score (nSPS) is 11.3. The smallest absolute Gasteiger partial charge is 0.336 e. The van der Waals surface area contributed by atoms with Crippen LogP contribution in [0.4, 0.5) is 5.69 Å². The summed E-state index contributed by atoms with van der Waals surface area (Å²) in [4.78, 5) is 41.0. The van der Waals surface area contributed by atoms with Gasteiger partial charge in [0.15, 0.2) is 5.82 Å². The van der Waals surface area contributed by atoms with Crippen molar-refractivity contribution in [3.8, 4) is 17.1 Å². The fourth-order valence-corrected chi connectivity index (χ4v) is 4.09. The summed E-state index contributed by atoms with van der Waals surface area (Å²) < 4.78 is 7.62. The van der Waals surface area contributed by atoms with Gasteiger partial charge in [-0.3, -0.25) is 14.9 Å². The average Bonchev–Trinajstić information content (AvgIpc) is 2.97. The van der Waals surface area contributed by atoms with Crippen molar-refractivity contribution in [2.24, 2.45) is 5.10 Å². The molecule has 0 spiro atoms. The molecule has 196 valence electrons. The van der Waals surface area contributed by atoms with Crippen molar-refractivity contribution in [2.45, 2.75) is 0 Å². The summed E-state index contributed by atoms with van der Waals surface area (Å²) in [5.41, 5.74) is 1.91. The molecular formula is C30H19BrN4O5. The highest BCUT2D eigenvalue weighted by Gasteiger charge is 2.13. The topological polar surface area (TPSA) is 117 Å². The lowest BCUT2D eigenvalue weighted by atomic mass is 10.2. The number of hydrogen-bond acceptors (Lipinski definition) is 7. The van der Waals surface area contributed by atoms with Crippen LogP contribution in [0, 0.1) is 10.1 Å². The lowest BCUT2D eigenvalue weighted by molar-refractivity contribution is -0.384. The third-order valence-electron chi connectivity index (χ3n) is 5.81. The summed E-state index contributed by atoms with van der Waals surface area (Å²) in [7, 11) is 0. The molecule has 0 radical (unpaired) electrons. The molecular weight excluding hydrogens is 576 g/mol. The van der Waals surface area contributed by atoms with Gasteiger partial charge in [-0.15, -0.1) is 0 Å². The van der Waals surface area contributed by atoms with E-state index in [1.54, 1.807) is 42.5 Å². The fourth-order valence-electron chi connectivity index (χ4n) is 3.83. The molecule has 0 saturated heterocycles. The van der Waals surface area contributed by atoms with Crippen LogP contribution in [0.3, 0.4) is 0 Å². The van der Waals surface area contributed by atoms with Crippen molar-refractivity contribution < 1.29 is 14.5 Å². The number of nitrogens with zero attached hydrogens (tertiary/aromatic N) is 4. The second kappa shape index (κ2) is 11.7. The highest BCUT2D eigenvalue weighted by Crippen LogP contribution is 2.22. The number of carbonyl (C=O) groups excluding carboxylic acids is 1. The van der Waals surface area contributed by atoms with Crippen LogP contribution in [0.15, 0.2) is 118 Å². The Morgan fingerprint density at radius 3 is 2.40 bits per heavy atom. The third-order valence-corrected chi connectivity index (χ3v) is 6.34. The van der Waals surface area contributed by atoms with E-state index < -0.39 is 10.9 Å². The van der Waals surface area contributed by atoms with E-state index in [4.69, 9.17) is 4.74 Å². The monoisotopic (exact) mass is 594 g/mol. The number of nitro benzene ring substituents is 1. The molecule has 1 heterocycles. The van der Waals surface area contributed by atoms with Gasteiger partial charge in [0.05, 0.1) is 22.0 Å². The molecule has 0 N–H and O–H groups in total. The minimum atomic E-state index is -0.653. The zero-order valence-electron chi connectivity index (χ0n) is 20.7. The molecule has 5 rings (SSSR count). The predicted octanol–water partition coefficient (Wildman–Crippen LogP) is 6.24. The maximum Gasteiger partial charge on any atom is 0.336 e. The first-order valence-electron chi connectivity index (χ1n) is 11.9. The molecule has 0 bridgehead atoms. The minimum Gasteiger partial charge on any atom is -0.423 e. The van der Waals surface area contributed by atoms with Gasteiger partial charge in [-0.05, 0) is 60.2 Å². The second-order valence-corrected chi connectivity index (χ2v) is 9.38. The minimum absolute atomic E-state index is 0.0445. The number of halogens is 1. The van der Waals surface area contributed by atoms with E-state index in [2.05, 4.69) is 26.0 Å². The van der Waals surface area contributed by atoms with Gasteiger partial charge in [-0.25, -0.2) is 9.78 Å². The Labute approximate surface area is 236 Å². The van der Waals surface area contributed by atoms with Gasteiger partial charge in [0.1, 0.15) is 5.75 Å². The number of nitro groups is 1. The summed E-state index contributed by atoms with van der Waals surface area (Å²) >= 11 is 3.42. The van der Waals surface area contributed by atoms with E-state index in [0.717, 1.165) is 4.47 Å². The van der Waals surface area contributed by atoms with Gasteiger partial charge in [0.25, 0.3) is 11.2 Å². The van der Waals surface area contributed by atoms with E-state index in [0.29, 0.717) is 33.4 Å². The lowest BCUT2D eigenvalue weighted by Crippen LogP contribution is -2.20. The third kappa shape index (κ3) is 5.92. The molecule has 0 amide bonds. The average molecular weight is 595 g/mol. The zero-order valence-corrected chi connectivity index (χ0v) is 22.3. The van der Waals surface area contributed by atoms with Gasteiger partial charge in [0.2, 0.25) is 0 Å².